The topological polar surface area (TPSA) is 46.5 Å². The maximum absolute atomic E-state index is 11.6. The number of esters is 1. The number of aliphatic hydroxyl groups is 1. The van der Waals surface area contributed by atoms with Crippen molar-refractivity contribution in [2.75, 3.05) is 7.11 Å². The molecule has 0 saturated carbocycles. The van der Waals surface area contributed by atoms with Crippen LogP contribution >= 0.6 is 0 Å². The lowest BCUT2D eigenvalue weighted by Gasteiger charge is -2.21. The quantitative estimate of drug-likeness (QED) is 0.337. The molecule has 3 nitrogen and oxygen atoms in total. The summed E-state index contributed by atoms with van der Waals surface area (Å²) in [5, 5.41) is 10.1. The number of hydrogen-bond donors (Lipinski definition) is 1. The SMILES string of the molecule is CC(C)(O)c1ccccc1Cc1ccccc1.COC(=O)c1ccccc1Cc1ccccc1. The van der Waals surface area contributed by atoms with Gasteiger partial charge in [-0.15, -0.1) is 0 Å². The van der Waals surface area contributed by atoms with Crippen LogP contribution in [0.25, 0.3) is 0 Å². The molecule has 3 heteroatoms. The lowest BCUT2D eigenvalue weighted by molar-refractivity contribution is 0.0599. The molecule has 0 aliphatic heterocycles. The molecule has 1 N–H and O–H groups in total. The minimum absolute atomic E-state index is 0.281. The average Bonchev–Trinajstić information content (AvgIpc) is 2.85. The van der Waals surface area contributed by atoms with Gasteiger partial charge in [0.05, 0.1) is 18.3 Å². The number of rotatable bonds is 6. The van der Waals surface area contributed by atoms with E-state index in [2.05, 4.69) is 18.2 Å². The zero-order valence-electron chi connectivity index (χ0n) is 20.1. The second kappa shape index (κ2) is 12.0. The van der Waals surface area contributed by atoms with Crippen LogP contribution in [-0.2, 0) is 23.2 Å². The molecule has 0 aliphatic rings. The van der Waals surface area contributed by atoms with E-state index in [0.717, 1.165) is 24.0 Å². The first-order chi connectivity index (χ1) is 16.4. The summed E-state index contributed by atoms with van der Waals surface area (Å²) in [7, 11) is 1.40. The van der Waals surface area contributed by atoms with Crippen LogP contribution in [-0.4, -0.2) is 18.2 Å². The Morgan fingerprint density at radius 3 is 1.65 bits per heavy atom. The monoisotopic (exact) mass is 452 g/mol. The van der Waals surface area contributed by atoms with Gasteiger partial charge in [-0.05, 0) is 60.6 Å². The molecule has 0 amide bonds. The molecule has 0 atom stereocenters. The van der Waals surface area contributed by atoms with Crippen LogP contribution in [0.15, 0.2) is 109 Å². The molecule has 0 unspecified atom stereocenters. The first kappa shape index (κ1) is 24.9. The summed E-state index contributed by atoms with van der Waals surface area (Å²) >= 11 is 0. The summed E-state index contributed by atoms with van der Waals surface area (Å²) in [4.78, 5) is 11.6. The van der Waals surface area contributed by atoms with E-state index in [1.165, 1.54) is 23.8 Å². The van der Waals surface area contributed by atoms with E-state index < -0.39 is 5.60 Å². The Balaban J connectivity index is 0.000000191. The minimum Gasteiger partial charge on any atom is -0.465 e. The fourth-order valence-corrected chi connectivity index (χ4v) is 3.89. The summed E-state index contributed by atoms with van der Waals surface area (Å²) < 4.78 is 4.78. The molecule has 0 saturated heterocycles. The average molecular weight is 453 g/mol. The number of benzene rings is 4. The van der Waals surface area contributed by atoms with Crippen LogP contribution in [0.4, 0.5) is 0 Å². The van der Waals surface area contributed by atoms with Gasteiger partial charge in [0.1, 0.15) is 0 Å². The van der Waals surface area contributed by atoms with Crippen LogP contribution in [0.1, 0.15) is 52.0 Å². The van der Waals surface area contributed by atoms with Crippen molar-refractivity contribution >= 4 is 5.97 Å². The Morgan fingerprint density at radius 2 is 1.12 bits per heavy atom. The smallest absolute Gasteiger partial charge is 0.338 e. The van der Waals surface area contributed by atoms with E-state index in [4.69, 9.17) is 4.74 Å². The van der Waals surface area contributed by atoms with E-state index in [1.54, 1.807) is 6.07 Å². The fraction of sp³-hybridized carbons (Fsp3) is 0.194. The Kier molecular flexibility index (Phi) is 8.78. The van der Waals surface area contributed by atoms with Crippen molar-refractivity contribution in [3.8, 4) is 0 Å². The lowest BCUT2D eigenvalue weighted by Crippen LogP contribution is -2.18. The minimum atomic E-state index is -0.786. The highest BCUT2D eigenvalue weighted by Gasteiger charge is 2.19. The molecule has 0 spiro atoms. The lowest BCUT2D eigenvalue weighted by atomic mass is 9.90. The van der Waals surface area contributed by atoms with Gasteiger partial charge in [0.15, 0.2) is 0 Å². The van der Waals surface area contributed by atoms with E-state index in [-0.39, 0.29) is 5.97 Å². The van der Waals surface area contributed by atoms with Crippen LogP contribution in [0.5, 0.6) is 0 Å². The van der Waals surface area contributed by atoms with E-state index in [9.17, 15) is 9.90 Å². The highest BCUT2D eigenvalue weighted by atomic mass is 16.5. The third kappa shape index (κ3) is 7.16. The predicted molar refractivity (Wildman–Crippen MR) is 138 cm³/mol. The summed E-state index contributed by atoms with van der Waals surface area (Å²) in [6.07, 6.45) is 1.60. The first-order valence-corrected chi connectivity index (χ1v) is 11.4. The van der Waals surface area contributed by atoms with Crippen molar-refractivity contribution in [3.05, 3.63) is 143 Å². The highest BCUT2D eigenvalue weighted by Crippen LogP contribution is 2.25. The summed E-state index contributed by atoms with van der Waals surface area (Å²) in [5.41, 5.74) is 5.48. The van der Waals surface area contributed by atoms with E-state index in [0.29, 0.717) is 5.56 Å². The molecule has 0 fully saturated rings. The molecule has 0 heterocycles. The Labute approximate surface area is 202 Å². The largest absolute Gasteiger partial charge is 0.465 e. The number of carbonyl (C=O) groups excluding carboxylic acids is 1. The van der Waals surface area contributed by atoms with Crippen LogP contribution in [0.3, 0.4) is 0 Å². The van der Waals surface area contributed by atoms with Gasteiger partial charge in [0.2, 0.25) is 0 Å². The second-order valence-corrected chi connectivity index (χ2v) is 8.69. The molecular formula is C31H32O3. The maximum Gasteiger partial charge on any atom is 0.338 e. The normalized spacial score (nSPS) is 10.7. The molecule has 34 heavy (non-hydrogen) atoms. The third-order valence-corrected chi connectivity index (χ3v) is 5.57. The molecule has 0 radical (unpaired) electrons. The van der Waals surface area contributed by atoms with Crippen LogP contribution < -0.4 is 0 Å². The molecule has 4 aromatic carbocycles. The van der Waals surface area contributed by atoms with Crippen LogP contribution in [0.2, 0.25) is 0 Å². The number of ether oxygens (including phenoxy) is 1. The Morgan fingerprint density at radius 1 is 0.676 bits per heavy atom. The molecular weight excluding hydrogens is 420 g/mol. The second-order valence-electron chi connectivity index (χ2n) is 8.69. The van der Waals surface area contributed by atoms with Gasteiger partial charge in [-0.3, -0.25) is 0 Å². The molecule has 0 aliphatic carbocycles. The number of hydrogen-bond acceptors (Lipinski definition) is 3. The van der Waals surface area contributed by atoms with E-state index in [1.807, 2.05) is 98.8 Å². The zero-order chi connectivity index (χ0) is 24.4. The Bertz CT molecular complexity index is 1180. The van der Waals surface area contributed by atoms with Crippen molar-refractivity contribution in [2.24, 2.45) is 0 Å². The summed E-state index contributed by atoms with van der Waals surface area (Å²) in [5.74, 6) is -0.281. The van der Waals surface area contributed by atoms with Crippen molar-refractivity contribution in [1.82, 2.24) is 0 Å². The Hall–Kier alpha value is -3.69. The fourth-order valence-electron chi connectivity index (χ4n) is 3.89. The predicted octanol–water partition coefficient (Wildman–Crippen LogP) is 6.57. The van der Waals surface area contributed by atoms with Gasteiger partial charge in [0, 0.05) is 0 Å². The van der Waals surface area contributed by atoms with Crippen molar-refractivity contribution in [3.63, 3.8) is 0 Å². The highest BCUT2D eigenvalue weighted by molar-refractivity contribution is 5.91. The molecule has 4 aromatic rings. The van der Waals surface area contributed by atoms with Crippen molar-refractivity contribution in [2.45, 2.75) is 32.3 Å². The summed E-state index contributed by atoms with van der Waals surface area (Å²) in [6.45, 7) is 3.66. The maximum atomic E-state index is 11.6. The van der Waals surface area contributed by atoms with Gasteiger partial charge in [0.25, 0.3) is 0 Å². The zero-order valence-corrected chi connectivity index (χ0v) is 20.1. The van der Waals surface area contributed by atoms with Crippen molar-refractivity contribution in [1.29, 1.82) is 0 Å². The number of carbonyl (C=O) groups is 1. The third-order valence-electron chi connectivity index (χ3n) is 5.57. The molecule has 4 rings (SSSR count). The molecule has 0 aromatic heterocycles. The van der Waals surface area contributed by atoms with Crippen LogP contribution in [0, 0.1) is 0 Å². The summed E-state index contributed by atoms with van der Waals surface area (Å²) in [6, 6.07) is 36.0. The standard InChI is InChI=1S/C16H18O.C15H14O2/c1-16(2,17)15-11-7-6-10-14(15)12-13-8-4-3-5-9-13;1-17-15(16)14-10-6-5-9-13(14)11-12-7-3-2-4-8-12/h3-11,17H,12H2,1-2H3;2-10H,11H2,1H3. The van der Waals surface area contributed by atoms with Crippen molar-refractivity contribution < 1.29 is 14.6 Å². The van der Waals surface area contributed by atoms with Gasteiger partial charge in [-0.2, -0.15) is 0 Å². The van der Waals surface area contributed by atoms with Gasteiger partial charge in [-0.1, -0.05) is 103 Å². The molecule has 174 valence electrons. The van der Waals surface area contributed by atoms with Gasteiger partial charge in [-0.25, -0.2) is 4.79 Å². The molecule has 0 bridgehead atoms. The first-order valence-electron chi connectivity index (χ1n) is 11.4. The van der Waals surface area contributed by atoms with Gasteiger partial charge < -0.3 is 9.84 Å². The number of methoxy groups -OCH3 is 1. The van der Waals surface area contributed by atoms with Gasteiger partial charge >= 0.3 is 5.97 Å². The van der Waals surface area contributed by atoms with E-state index >= 15 is 0 Å².